The zero-order valence-corrected chi connectivity index (χ0v) is 25.9. The van der Waals surface area contributed by atoms with E-state index in [1.165, 1.54) is 25.7 Å². The van der Waals surface area contributed by atoms with Crippen LogP contribution in [0.4, 0.5) is 0 Å². The Labute approximate surface area is 260 Å². The molecule has 0 aromatic heterocycles. The summed E-state index contributed by atoms with van der Waals surface area (Å²) in [5.74, 6) is -0.421. The highest BCUT2D eigenvalue weighted by atomic mass is 16.7. The summed E-state index contributed by atoms with van der Waals surface area (Å²) in [6, 6.07) is -3.39. The lowest BCUT2D eigenvalue weighted by Crippen LogP contribution is -2.68. The second kappa shape index (κ2) is 18.3. The lowest BCUT2D eigenvalue weighted by molar-refractivity contribution is -0.315. The molecule has 1 aliphatic carbocycles. The number of hydrogen-bond acceptors (Lipinski definition) is 15. The molecule has 3 aliphatic rings. The van der Waals surface area contributed by atoms with Crippen LogP contribution in [-0.2, 0) is 28.5 Å². The summed E-state index contributed by atoms with van der Waals surface area (Å²) < 4.78 is 28.8. The molecule has 44 heavy (non-hydrogen) atoms. The summed E-state index contributed by atoms with van der Waals surface area (Å²) in [4.78, 5) is 12.3. The van der Waals surface area contributed by atoms with E-state index in [4.69, 9.17) is 52.4 Å². The predicted octanol–water partition coefficient (Wildman–Crippen LogP) is -2.21. The zero-order valence-electron chi connectivity index (χ0n) is 25.9. The highest BCUT2D eigenvalue weighted by Gasteiger charge is 2.50. The van der Waals surface area contributed by atoms with Crippen LogP contribution in [0.3, 0.4) is 0 Å². The summed E-state index contributed by atoms with van der Waals surface area (Å²) in [5.41, 5.74) is 30.4. The van der Waals surface area contributed by atoms with Gasteiger partial charge in [0.15, 0.2) is 12.6 Å². The molecule has 2 heterocycles. The third-order valence-corrected chi connectivity index (χ3v) is 8.88. The molecular formula is C29H57N5O10. The summed E-state index contributed by atoms with van der Waals surface area (Å²) >= 11 is 0. The molecule has 3 rings (SSSR count). The van der Waals surface area contributed by atoms with E-state index in [0.717, 1.165) is 19.3 Å². The molecule has 3 fully saturated rings. The Morgan fingerprint density at radius 2 is 1.30 bits per heavy atom. The van der Waals surface area contributed by atoms with Gasteiger partial charge in [-0.3, -0.25) is 4.79 Å². The molecule has 15 heteroatoms. The minimum absolute atomic E-state index is 0.0440. The molecule has 0 aromatic carbocycles. The normalized spacial score (nSPS) is 41.4. The van der Waals surface area contributed by atoms with Crippen LogP contribution in [0.25, 0.3) is 0 Å². The fourth-order valence-electron chi connectivity index (χ4n) is 6.07. The summed E-state index contributed by atoms with van der Waals surface area (Å²) in [7, 11) is 0. The van der Waals surface area contributed by atoms with E-state index in [2.05, 4.69) is 6.92 Å². The minimum atomic E-state index is -1.48. The van der Waals surface area contributed by atoms with Crippen molar-refractivity contribution in [3.05, 3.63) is 0 Å². The molecule has 15 nitrogen and oxygen atoms in total. The van der Waals surface area contributed by atoms with Crippen molar-refractivity contribution >= 4 is 5.97 Å². The van der Waals surface area contributed by atoms with Crippen LogP contribution in [0.2, 0.25) is 0 Å². The van der Waals surface area contributed by atoms with E-state index in [1.54, 1.807) is 0 Å². The molecular weight excluding hydrogens is 578 g/mol. The Morgan fingerprint density at radius 3 is 1.91 bits per heavy atom. The number of aliphatic hydroxyl groups excluding tert-OH is 4. The molecule has 2 aliphatic heterocycles. The molecule has 14 N–H and O–H groups in total. The molecule has 0 amide bonds. The van der Waals surface area contributed by atoms with Gasteiger partial charge in [0.25, 0.3) is 0 Å². The second-order valence-electron chi connectivity index (χ2n) is 12.5. The highest BCUT2D eigenvalue weighted by Crippen LogP contribution is 2.31. The van der Waals surface area contributed by atoms with E-state index in [9.17, 15) is 25.2 Å². The third kappa shape index (κ3) is 10.2. The van der Waals surface area contributed by atoms with Crippen LogP contribution in [0.1, 0.15) is 77.6 Å². The molecule has 0 radical (unpaired) electrons. The van der Waals surface area contributed by atoms with Crippen LogP contribution >= 0.6 is 0 Å². The van der Waals surface area contributed by atoms with E-state index >= 15 is 0 Å². The van der Waals surface area contributed by atoms with Gasteiger partial charge in [0.2, 0.25) is 0 Å². The Morgan fingerprint density at radius 1 is 0.727 bits per heavy atom. The van der Waals surface area contributed by atoms with Gasteiger partial charge < -0.3 is 72.8 Å². The molecule has 0 bridgehead atoms. The molecule has 1 saturated carbocycles. The van der Waals surface area contributed by atoms with Crippen molar-refractivity contribution in [1.29, 1.82) is 0 Å². The smallest absolute Gasteiger partial charge is 0.305 e. The average molecular weight is 636 g/mol. The number of carbonyl (C=O) groups is 1. The standard InChI is InChI=1S/C29H57N5O10/c1-2-3-4-5-6-7-8-9-10-21(36)40-14-20-23(37)22(34)24(38)29(42-20)44-27-16(32)11-15(31)26(25(27)39)43-28-17(33)12-18(35)19(13-30)41-28/h15-20,22-29,35,37-39H,2-14,30-34H2,1H3. The number of rotatable bonds is 16. The van der Waals surface area contributed by atoms with Crippen molar-refractivity contribution in [2.24, 2.45) is 28.7 Å². The molecule has 0 aromatic rings. The van der Waals surface area contributed by atoms with Crippen molar-refractivity contribution in [3.63, 3.8) is 0 Å². The number of nitrogens with two attached hydrogens (primary N) is 5. The van der Waals surface area contributed by atoms with Crippen LogP contribution in [0.15, 0.2) is 0 Å². The van der Waals surface area contributed by atoms with Gasteiger partial charge in [0.1, 0.15) is 43.2 Å². The van der Waals surface area contributed by atoms with Crippen LogP contribution in [-0.4, -0.2) is 125 Å². The maximum atomic E-state index is 12.3. The van der Waals surface area contributed by atoms with Crippen LogP contribution in [0, 0.1) is 0 Å². The lowest BCUT2D eigenvalue weighted by Gasteiger charge is -2.47. The van der Waals surface area contributed by atoms with Crippen LogP contribution in [0.5, 0.6) is 0 Å². The number of esters is 1. The fraction of sp³-hybridized carbons (Fsp3) is 0.966. The summed E-state index contributed by atoms with van der Waals surface area (Å²) in [6.45, 7) is 1.93. The minimum Gasteiger partial charge on any atom is -0.463 e. The maximum Gasteiger partial charge on any atom is 0.305 e. The molecule has 14 atom stereocenters. The summed E-state index contributed by atoms with van der Waals surface area (Å²) in [5, 5.41) is 42.7. The monoisotopic (exact) mass is 635 g/mol. The number of aliphatic hydroxyl groups is 4. The zero-order chi connectivity index (χ0) is 32.4. The highest BCUT2D eigenvalue weighted by molar-refractivity contribution is 5.69. The first kappa shape index (κ1) is 37.4. The average Bonchev–Trinajstić information content (AvgIpc) is 2.98. The Kier molecular flexibility index (Phi) is 15.6. The topological polar surface area (TPSA) is 274 Å². The number of hydrogen-bond donors (Lipinski definition) is 9. The van der Waals surface area contributed by atoms with Crippen LogP contribution < -0.4 is 28.7 Å². The van der Waals surface area contributed by atoms with Gasteiger partial charge in [-0.25, -0.2) is 0 Å². The Hall–Kier alpha value is -1.05. The van der Waals surface area contributed by atoms with Gasteiger partial charge in [-0.2, -0.15) is 0 Å². The fourth-order valence-corrected chi connectivity index (χ4v) is 6.07. The van der Waals surface area contributed by atoms with Crippen molar-refractivity contribution < 1.29 is 48.9 Å². The largest absolute Gasteiger partial charge is 0.463 e. The summed E-state index contributed by atoms with van der Waals surface area (Å²) in [6.07, 6.45) is -2.06. The van der Waals surface area contributed by atoms with Gasteiger partial charge in [-0.1, -0.05) is 51.9 Å². The Balaban J connectivity index is 1.53. The van der Waals surface area contributed by atoms with Gasteiger partial charge >= 0.3 is 5.97 Å². The molecule has 0 spiro atoms. The van der Waals surface area contributed by atoms with Gasteiger partial charge in [-0.05, 0) is 19.3 Å². The van der Waals surface area contributed by atoms with E-state index in [-0.39, 0.29) is 32.4 Å². The van der Waals surface area contributed by atoms with Gasteiger partial charge in [-0.15, -0.1) is 0 Å². The first-order chi connectivity index (χ1) is 21.0. The second-order valence-corrected chi connectivity index (χ2v) is 12.5. The van der Waals surface area contributed by atoms with Crippen molar-refractivity contribution in [2.45, 2.75) is 163 Å². The van der Waals surface area contributed by atoms with Crippen molar-refractivity contribution in [1.82, 2.24) is 0 Å². The molecule has 258 valence electrons. The molecule has 2 saturated heterocycles. The lowest BCUT2D eigenvalue weighted by atomic mass is 9.84. The quantitative estimate of drug-likeness (QED) is 0.0642. The number of ether oxygens (including phenoxy) is 5. The third-order valence-electron chi connectivity index (χ3n) is 8.88. The van der Waals surface area contributed by atoms with Crippen molar-refractivity contribution in [2.75, 3.05) is 13.2 Å². The number of carbonyl (C=O) groups excluding carboxylic acids is 1. The van der Waals surface area contributed by atoms with Gasteiger partial charge in [0, 0.05) is 25.0 Å². The Bertz CT molecular complexity index is 848. The predicted molar refractivity (Wildman–Crippen MR) is 159 cm³/mol. The van der Waals surface area contributed by atoms with E-state index < -0.39 is 91.5 Å². The first-order valence-corrected chi connectivity index (χ1v) is 16.2. The van der Waals surface area contributed by atoms with Crippen molar-refractivity contribution in [3.8, 4) is 0 Å². The first-order valence-electron chi connectivity index (χ1n) is 16.2. The van der Waals surface area contributed by atoms with Gasteiger partial charge in [0.05, 0.1) is 24.3 Å². The van der Waals surface area contributed by atoms with E-state index in [0.29, 0.717) is 6.42 Å². The van der Waals surface area contributed by atoms with E-state index in [1.807, 2.05) is 0 Å². The maximum absolute atomic E-state index is 12.3. The SMILES string of the molecule is CCCCCCCCCCC(=O)OCC1OC(OC2C(N)CC(N)C(OC3OC(CN)C(O)CC3N)C2O)C(O)C(N)C1O. The number of unbranched alkanes of at least 4 members (excludes halogenated alkanes) is 7. The molecule has 14 unspecified atom stereocenters.